The molecule has 10 nitrogen and oxygen atoms in total. The van der Waals surface area contributed by atoms with Crippen LogP contribution in [0.5, 0.6) is 0 Å². The Morgan fingerprint density at radius 3 is 2.11 bits per heavy atom. The van der Waals surface area contributed by atoms with Crippen molar-refractivity contribution in [1.29, 1.82) is 0 Å². The number of hydrogen-bond donors (Lipinski definition) is 7. The number of carbonyl (C=O) groups excluding carboxylic acids is 3. The highest BCUT2D eigenvalue weighted by molar-refractivity contribution is 7.80. The molecule has 0 bridgehead atoms. The topological polar surface area (TPSA) is 157 Å². The Hall–Kier alpha value is -1.85. The van der Waals surface area contributed by atoms with Gasteiger partial charge in [0.2, 0.25) is 17.7 Å². The first kappa shape index (κ1) is 24.2. The Morgan fingerprint density at radius 1 is 1.07 bits per heavy atom. The molecule has 0 spiro atoms. The normalized spacial score (nSPS) is 20.7. The predicted octanol–water partition coefficient (Wildman–Crippen LogP) is -1.76. The highest BCUT2D eigenvalue weighted by Crippen LogP contribution is 2.07. The van der Waals surface area contributed by atoms with Crippen LogP contribution in [0.2, 0.25) is 0 Å². The van der Waals surface area contributed by atoms with E-state index in [1.54, 1.807) is 13.8 Å². The summed E-state index contributed by atoms with van der Waals surface area (Å²) < 4.78 is 0. The second kappa shape index (κ2) is 11.2. The summed E-state index contributed by atoms with van der Waals surface area (Å²) in [4.78, 5) is 48.4. The van der Waals surface area contributed by atoms with E-state index in [1.165, 1.54) is 6.92 Å². The molecule has 6 N–H and O–H groups in total. The lowest BCUT2D eigenvalue weighted by Gasteiger charge is -2.27. The molecule has 1 fully saturated rings. The minimum Gasteiger partial charge on any atom is -0.480 e. The Morgan fingerprint density at radius 2 is 1.68 bits per heavy atom. The summed E-state index contributed by atoms with van der Waals surface area (Å²) in [7, 11) is 0. The summed E-state index contributed by atoms with van der Waals surface area (Å²) in [5, 5.41) is 29.0. The summed E-state index contributed by atoms with van der Waals surface area (Å²) in [6.07, 6.45) is 0.243. The number of aliphatic hydroxyl groups is 1. The summed E-state index contributed by atoms with van der Waals surface area (Å²) in [5.74, 6) is -3.36. The van der Waals surface area contributed by atoms with Gasteiger partial charge in [-0.05, 0) is 32.2 Å². The Bertz CT molecular complexity index is 580. The largest absolute Gasteiger partial charge is 0.480 e. The lowest BCUT2D eigenvalue weighted by molar-refractivity contribution is -0.145. The SMILES string of the molecule is CC(C)C(NC(=O)C(CS)NC(=O)C1CCCN1)C(=O)NC(C(=O)O)C(C)O. The number of hydrogen-bond acceptors (Lipinski definition) is 7. The van der Waals surface area contributed by atoms with Crippen LogP contribution >= 0.6 is 12.6 Å². The van der Waals surface area contributed by atoms with Gasteiger partial charge in [-0.3, -0.25) is 14.4 Å². The number of carboxylic acid groups (broad SMARTS) is 1. The van der Waals surface area contributed by atoms with Crippen LogP contribution in [-0.2, 0) is 19.2 Å². The van der Waals surface area contributed by atoms with Crippen molar-refractivity contribution in [2.45, 2.75) is 63.9 Å². The molecule has 28 heavy (non-hydrogen) atoms. The second-order valence-electron chi connectivity index (χ2n) is 7.19. The van der Waals surface area contributed by atoms with Gasteiger partial charge in [0.25, 0.3) is 0 Å². The van der Waals surface area contributed by atoms with Gasteiger partial charge in [0.1, 0.15) is 12.1 Å². The molecule has 160 valence electrons. The van der Waals surface area contributed by atoms with Crippen molar-refractivity contribution in [3.05, 3.63) is 0 Å². The molecule has 5 unspecified atom stereocenters. The van der Waals surface area contributed by atoms with Crippen molar-refractivity contribution in [3.63, 3.8) is 0 Å². The molecule has 0 aromatic heterocycles. The lowest BCUT2D eigenvalue weighted by atomic mass is 10.0. The quantitative estimate of drug-likeness (QED) is 0.207. The molecule has 0 aromatic rings. The van der Waals surface area contributed by atoms with Crippen molar-refractivity contribution in [1.82, 2.24) is 21.3 Å². The highest BCUT2D eigenvalue weighted by Gasteiger charge is 2.33. The molecule has 0 radical (unpaired) electrons. The Balaban J connectivity index is 2.76. The average Bonchev–Trinajstić information content (AvgIpc) is 3.15. The molecule has 0 aliphatic carbocycles. The minimum absolute atomic E-state index is 0.0299. The van der Waals surface area contributed by atoms with Gasteiger partial charge < -0.3 is 31.5 Å². The zero-order valence-corrected chi connectivity index (χ0v) is 17.2. The van der Waals surface area contributed by atoms with E-state index in [2.05, 4.69) is 33.9 Å². The molecule has 1 aliphatic heterocycles. The van der Waals surface area contributed by atoms with Crippen LogP contribution in [0, 0.1) is 5.92 Å². The molecule has 1 saturated heterocycles. The fourth-order valence-electron chi connectivity index (χ4n) is 2.80. The van der Waals surface area contributed by atoms with Crippen LogP contribution in [0.1, 0.15) is 33.6 Å². The highest BCUT2D eigenvalue weighted by atomic mass is 32.1. The molecule has 0 saturated carbocycles. The van der Waals surface area contributed by atoms with Crippen molar-refractivity contribution in [2.24, 2.45) is 5.92 Å². The Labute approximate surface area is 169 Å². The van der Waals surface area contributed by atoms with Gasteiger partial charge in [0.15, 0.2) is 6.04 Å². The van der Waals surface area contributed by atoms with E-state index in [0.29, 0.717) is 6.42 Å². The molecule has 1 rings (SSSR count). The van der Waals surface area contributed by atoms with Crippen LogP contribution in [0.4, 0.5) is 0 Å². The van der Waals surface area contributed by atoms with E-state index in [1.807, 2.05) is 0 Å². The predicted molar refractivity (Wildman–Crippen MR) is 105 cm³/mol. The fraction of sp³-hybridized carbons (Fsp3) is 0.765. The molecule has 1 heterocycles. The van der Waals surface area contributed by atoms with Gasteiger partial charge in [-0.1, -0.05) is 13.8 Å². The summed E-state index contributed by atoms with van der Waals surface area (Å²) in [6, 6.07) is -3.85. The average molecular weight is 419 g/mol. The molecular weight excluding hydrogens is 388 g/mol. The zero-order chi connectivity index (χ0) is 21.4. The first-order chi connectivity index (χ1) is 13.1. The van der Waals surface area contributed by atoms with Crippen molar-refractivity contribution < 1.29 is 29.4 Å². The number of thiol groups is 1. The number of aliphatic hydroxyl groups excluding tert-OH is 1. The second-order valence-corrected chi connectivity index (χ2v) is 7.55. The van der Waals surface area contributed by atoms with Gasteiger partial charge in [0.05, 0.1) is 12.1 Å². The minimum atomic E-state index is -1.50. The van der Waals surface area contributed by atoms with Crippen LogP contribution < -0.4 is 21.3 Å². The van der Waals surface area contributed by atoms with Crippen molar-refractivity contribution in [3.8, 4) is 0 Å². The van der Waals surface area contributed by atoms with Crippen LogP contribution in [0.15, 0.2) is 0 Å². The smallest absolute Gasteiger partial charge is 0.328 e. The third-order valence-corrected chi connectivity index (χ3v) is 4.85. The van der Waals surface area contributed by atoms with Crippen LogP contribution in [0.3, 0.4) is 0 Å². The van der Waals surface area contributed by atoms with Crippen LogP contribution in [0.25, 0.3) is 0 Å². The first-order valence-corrected chi connectivity index (χ1v) is 9.88. The van der Waals surface area contributed by atoms with Gasteiger partial charge in [-0.25, -0.2) is 4.79 Å². The number of carboxylic acids is 1. The summed E-state index contributed by atoms with van der Waals surface area (Å²) in [6.45, 7) is 5.34. The number of aliphatic carboxylic acids is 1. The molecule has 3 amide bonds. The zero-order valence-electron chi connectivity index (χ0n) is 16.3. The monoisotopic (exact) mass is 418 g/mol. The van der Waals surface area contributed by atoms with E-state index >= 15 is 0 Å². The van der Waals surface area contributed by atoms with E-state index in [4.69, 9.17) is 5.11 Å². The maximum Gasteiger partial charge on any atom is 0.328 e. The molecule has 0 aromatic carbocycles. The third kappa shape index (κ3) is 6.95. The summed E-state index contributed by atoms with van der Waals surface area (Å²) >= 11 is 4.10. The lowest BCUT2D eigenvalue weighted by Crippen LogP contribution is -2.59. The third-order valence-electron chi connectivity index (χ3n) is 4.49. The van der Waals surface area contributed by atoms with Crippen molar-refractivity contribution in [2.75, 3.05) is 12.3 Å². The van der Waals surface area contributed by atoms with E-state index in [0.717, 1.165) is 13.0 Å². The Kier molecular flexibility index (Phi) is 9.70. The molecule has 1 aliphatic rings. The van der Waals surface area contributed by atoms with E-state index < -0.39 is 42.0 Å². The number of carbonyl (C=O) groups is 4. The molecular formula is C17H30N4O6S. The summed E-state index contributed by atoms with van der Waals surface area (Å²) in [5.41, 5.74) is 0. The van der Waals surface area contributed by atoms with E-state index in [-0.39, 0.29) is 23.6 Å². The maximum atomic E-state index is 12.6. The fourth-order valence-corrected chi connectivity index (χ4v) is 3.05. The van der Waals surface area contributed by atoms with Gasteiger partial charge in [-0.2, -0.15) is 12.6 Å². The van der Waals surface area contributed by atoms with E-state index in [9.17, 15) is 24.3 Å². The van der Waals surface area contributed by atoms with Gasteiger partial charge in [-0.15, -0.1) is 0 Å². The molecule has 11 heteroatoms. The maximum absolute atomic E-state index is 12.6. The standard InChI is InChI=1S/C17H30N4O6S/c1-8(2)12(16(25)21-13(9(3)22)17(26)27)20-15(24)11(7-28)19-14(23)10-5-4-6-18-10/h8-13,18,22,28H,4-7H2,1-3H3,(H,19,23)(H,20,24)(H,21,25)(H,26,27). The molecule has 5 atom stereocenters. The van der Waals surface area contributed by atoms with Gasteiger partial charge >= 0.3 is 5.97 Å². The van der Waals surface area contributed by atoms with Gasteiger partial charge in [0, 0.05) is 5.75 Å². The first-order valence-electron chi connectivity index (χ1n) is 9.24. The number of amides is 3. The number of nitrogens with one attached hydrogen (secondary N) is 4. The number of rotatable bonds is 10. The van der Waals surface area contributed by atoms with Crippen molar-refractivity contribution >= 4 is 36.3 Å². The van der Waals surface area contributed by atoms with Crippen LogP contribution in [-0.4, -0.2) is 76.5 Å².